The summed E-state index contributed by atoms with van der Waals surface area (Å²) in [6, 6.07) is 3.20. The smallest absolute Gasteiger partial charge is 0.307 e. The van der Waals surface area contributed by atoms with E-state index in [4.69, 9.17) is 4.74 Å². The number of amides is 1. The number of esters is 1. The third kappa shape index (κ3) is 8.92. The van der Waals surface area contributed by atoms with Crippen molar-refractivity contribution in [3.63, 3.8) is 0 Å². The Labute approximate surface area is 154 Å². The van der Waals surface area contributed by atoms with Gasteiger partial charge in [-0.3, -0.25) is 9.59 Å². The van der Waals surface area contributed by atoms with Crippen LogP contribution in [0.15, 0.2) is 18.2 Å². The van der Waals surface area contributed by atoms with Crippen LogP contribution in [0.25, 0.3) is 0 Å². The Morgan fingerprint density at radius 3 is 2.15 bits per heavy atom. The standard InChI is InChI=1S/C20H29F2NO3/c1-2-3-4-5-6-7-8-9-15-26-18(24)13-14-23-20(25)19-16(21)11-10-12-17(19)22/h10-12H,2-9,13-15H2,1H3,(H,23,25). The molecule has 0 bridgehead atoms. The fourth-order valence-corrected chi connectivity index (χ4v) is 2.58. The molecule has 0 unspecified atom stereocenters. The lowest BCUT2D eigenvalue weighted by molar-refractivity contribution is -0.143. The number of carbonyl (C=O) groups excluding carboxylic acids is 2. The van der Waals surface area contributed by atoms with E-state index in [-0.39, 0.29) is 13.0 Å². The normalized spacial score (nSPS) is 10.6. The average Bonchev–Trinajstić information content (AvgIpc) is 2.60. The van der Waals surface area contributed by atoms with Crippen LogP contribution in [0.3, 0.4) is 0 Å². The Hall–Kier alpha value is -1.98. The molecule has 1 aromatic carbocycles. The predicted octanol–water partition coefficient (Wildman–Crippen LogP) is 4.77. The molecule has 0 aliphatic carbocycles. The number of carbonyl (C=O) groups is 2. The maximum atomic E-state index is 13.4. The van der Waals surface area contributed by atoms with Crippen LogP contribution in [0.2, 0.25) is 0 Å². The van der Waals surface area contributed by atoms with Gasteiger partial charge in [0.2, 0.25) is 0 Å². The Morgan fingerprint density at radius 1 is 0.962 bits per heavy atom. The van der Waals surface area contributed by atoms with Crippen LogP contribution in [0, 0.1) is 11.6 Å². The first kappa shape index (κ1) is 22.1. The Kier molecular flexibility index (Phi) is 11.2. The minimum atomic E-state index is -0.931. The molecule has 6 heteroatoms. The van der Waals surface area contributed by atoms with Gasteiger partial charge in [0.05, 0.1) is 13.0 Å². The number of hydrogen-bond donors (Lipinski definition) is 1. The van der Waals surface area contributed by atoms with Crippen LogP contribution < -0.4 is 5.32 Å². The van der Waals surface area contributed by atoms with Gasteiger partial charge >= 0.3 is 5.97 Å². The van der Waals surface area contributed by atoms with Crippen molar-refractivity contribution in [1.82, 2.24) is 5.32 Å². The molecule has 1 rings (SSSR count). The molecule has 0 saturated carbocycles. The molecule has 0 spiro atoms. The van der Waals surface area contributed by atoms with Crippen molar-refractivity contribution < 1.29 is 23.1 Å². The largest absolute Gasteiger partial charge is 0.466 e. The highest BCUT2D eigenvalue weighted by Gasteiger charge is 2.16. The molecule has 0 atom stereocenters. The molecule has 146 valence electrons. The highest BCUT2D eigenvalue weighted by Crippen LogP contribution is 2.11. The Bertz CT molecular complexity index is 544. The predicted molar refractivity (Wildman–Crippen MR) is 96.9 cm³/mol. The zero-order valence-corrected chi connectivity index (χ0v) is 15.5. The molecule has 26 heavy (non-hydrogen) atoms. The second kappa shape index (κ2) is 13.3. The SMILES string of the molecule is CCCCCCCCCCOC(=O)CCNC(=O)c1c(F)cccc1F. The lowest BCUT2D eigenvalue weighted by Crippen LogP contribution is -2.28. The van der Waals surface area contributed by atoms with Gasteiger partial charge in [-0.2, -0.15) is 0 Å². The second-order valence-corrected chi connectivity index (χ2v) is 6.30. The second-order valence-electron chi connectivity index (χ2n) is 6.30. The summed E-state index contributed by atoms with van der Waals surface area (Å²) in [5.74, 6) is -3.17. The molecular formula is C20H29F2NO3. The number of rotatable bonds is 13. The van der Waals surface area contributed by atoms with E-state index in [0.717, 1.165) is 31.4 Å². The molecule has 0 aliphatic heterocycles. The first-order chi connectivity index (χ1) is 12.6. The van der Waals surface area contributed by atoms with Gasteiger partial charge in [0.1, 0.15) is 17.2 Å². The number of nitrogens with one attached hydrogen (secondary N) is 1. The summed E-state index contributed by atoms with van der Waals surface area (Å²) in [4.78, 5) is 23.3. The number of ether oxygens (including phenoxy) is 1. The number of halogens is 2. The third-order valence-corrected chi connectivity index (χ3v) is 4.07. The van der Waals surface area contributed by atoms with E-state index in [9.17, 15) is 18.4 Å². The van der Waals surface area contributed by atoms with Crippen molar-refractivity contribution in [2.45, 2.75) is 64.7 Å². The number of benzene rings is 1. The van der Waals surface area contributed by atoms with Crippen molar-refractivity contribution in [1.29, 1.82) is 0 Å². The van der Waals surface area contributed by atoms with Gasteiger partial charge in [-0.05, 0) is 18.6 Å². The fraction of sp³-hybridized carbons (Fsp3) is 0.600. The van der Waals surface area contributed by atoms with E-state index in [1.54, 1.807) is 0 Å². The van der Waals surface area contributed by atoms with Crippen molar-refractivity contribution in [2.24, 2.45) is 0 Å². The molecule has 1 aromatic rings. The van der Waals surface area contributed by atoms with Gasteiger partial charge < -0.3 is 10.1 Å². The first-order valence-corrected chi connectivity index (χ1v) is 9.44. The highest BCUT2D eigenvalue weighted by molar-refractivity contribution is 5.94. The Balaban J connectivity index is 2.07. The van der Waals surface area contributed by atoms with Gasteiger partial charge in [0.25, 0.3) is 5.91 Å². The van der Waals surface area contributed by atoms with E-state index in [1.165, 1.54) is 38.2 Å². The minimum Gasteiger partial charge on any atom is -0.466 e. The van der Waals surface area contributed by atoms with E-state index in [1.807, 2.05) is 0 Å². The Morgan fingerprint density at radius 2 is 1.54 bits per heavy atom. The quantitative estimate of drug-likeness (QED) is 0.402. The van der Waals surface area contributed by atoms with Gasteiger partial charge in [-0.15, -0.1) is 0 Å². The van der Waals surface area contributed by atoms with Crippen LogP contribution in [-0.4, -0.2) is 25.0 Å². The van der Waals surface area contributed by atoms with Crippen LogP contribution >= 0.6 is 0 Å². The summed E-state index contributed by atoms with van der Waals surface area (Å²) < 4.78 is 32.0. The lowest BCUT2D eigenvalue weighted by atomic mass is 10.1. The zero-order valence-electron chi connectivity index (χ0n) is 15.5. The first-order valence-electron chi connectivity index (χ1n) is 9.44. The van der Waals surface area contributed by atoms with Gasteiger partial charge in [-0.1, -0.05) is 57.9 Å². The van der Waals surface area contributed by atoms with E-state index < -0.39 is 29.1 Å². The van der Waals surface area contributed by atoms with Crippen molar-refractivity contribution in [2.75, 3.05) is 13.2 Å². The summed E-state index contributed by atoms with van der Waals surface area (Å²) >= 11 is 0. The van der Waals surface area contributed by atoms with Gasteiger partial charge in [0, 0.05) is 6.54 Å². The van der Waals surface area contributed by atoms with Crippen LogP contribution in [0.1, 0.15) is 75.1 Å². The topological polar surface area (TPSA) is 55.4 Å². The molecule has 0 heterocycles. The summed E-state index contributed by atoms with van der Waals surface area (Å²) in [5.41, 5.74) is -0.639. The van der Waals surface area contributed by atoms with Gasteiger partial charge in [-0.25, -0.2) is 8.78 Å². The monoisotopic (exact) mass is 369 g/mol. The molecular weight excluding hydrogens is 340 g/mol. The van der Waals surface area contributed by atoms with Gasteiger partial charge in [0.15, 0.2) is 0 Å². The van der Waals surface area contributed by atoms with Crippen LogP contribution in [-0.2, 0) is 9.53 Å². The maximum absolute atomic E-state index is 13.4. The number of hydrogen-bond acceptors (Lipinski definition) is 3. The van der Waals surface area contributed by atoms with E-state index in [2.05, 4.69) is 12.2 Å². The molecule has 0 fully saturated rings. The number of unbranched alkanes of at least 4 members (excludes halogenated alkanes) is 7. The van der Waals surface area contributed by atoms with Crippen LogP contribution in [0.5, 0.6) is 0 Å². The molecule has 4 nitrogen and oxygen atoms in total. The lowest BCUT2D eigenvalue weighted by Gasteiger charge is -2.08. The molecule has 0 aromatic heterocycles. The zero-order chi connectivity index (χ0) is 19.2. The molecule has 0 radical (unpaired) electrons. The molecule has 0 aliphatic rings. The average molecular weight is 369 g/mol. The molecule has 1 amide bonds. The summed E-state index contributed by atoms with van der Waals surface area (Å²) in [6.07, 6.45) is 9.26. The summed E-state index contributed by atoms with van der Waals surface area (Å²) in [6.45, 7) is 2.53. The summed E-state index contributed by atoms with van der Waals surface area (Å²) in [5, 5.41) is 2.33. The van der Waals surface area contributed by atoms with Crippen molar-refractivity contribution in [3.8, 4) is 0 Å². The molecule has 0 saturated heterocycles. The van der Waals surface area contributed by atoms with Crippen molar-refractivity contribution in [3.05, 3.63) is 35.4 Å². The maximum Gasteiger partial charge on any atom is 0.307 e. The fourth-order valence-electron chi connectivity index (χ4n) is 2.58. The minimum absolute atomic E-state index is 0.0249. The van der Waals surface area contributed by atoms with Crippen molar-refractivity contribution >= 4 is 11.9 Å². The van der Waals surface area contributed by atoms with Crippen LogP contribution in [0.4, 0.5) is 8.78 Å². The summed E-state index contributed by atoms with van der Waals surface area (Å²) in [7, 11) is 0. The third-order valence-electron chi connectivity index (χ3n) is 4.07. The highest BCUT2D eigenvalue weighted by atomic mass is 19.1. The van der Waals surface area contributed by atoms with E-state index >= 15 is 0 Å². The molecule has 1 N–H and O–H groups in total. The van der Waals surface area contributed by atoms with E-state index in [0.29, 0.717) is 6.61 Å².